The zero-order chi connectivity index (χ0) is 19.8. The second kappa shape index (κ2) is 9.85. The molecule has 2 amide bonds. The van der Waals surface area contributed by atoms with Crippen LogP contribution in [0.25, 0.3) is 0 Å². The van der Waals surface area contributed by atoms with Gasteiger partial charge in [0.05, 0.1) is 26.9 Å². The summed E-state index contributed by atoms with van der Waals surface area (Å²) in [6.45, 7) is 6.32. The molecule has 1 aliphatic rings. The van der Waals surface area contributed by atoms with Gasteiger partial charge < -0.3 is 24.8 Å². The van der Waals surface area contributed by atoms with Crippen molar-refractivity contribution in [3.05, 3.63) is 36.0 Å². The zero-order valence-electron chi connectivity index (χ0n) is 16.2. The van der Waals surface area contributed by atoms with Gasteiger partial charge in [-0.05, 0) is 24.6 Å². The van der Waals surface area contributed by atoms with Crippen molar-refractivity contribution in [3.8, 4) is 11.5 Å². The predicted octanol–water partition coefficient (Wildman–Crippen LogP) is 3.31. The second-order valence-electron chi connectivity index (χ2n) is 6.42. The maximum atomic E-state index is 12.7. The summed E-state index contributed by atoms with van der Waals surface area (Å²) in [4.78, 5) is 24.7. The number of rotatable bonds is 9. The minimum atomic E-state index is -0.769. The Hall–Kier alpha value is -2.70. The third-order valence-corrected chi connectivity index (χ3v) is 4.54. The number of amides is 2. The molecule has 0 unspecified atom stereocenters. The van der Waals surface area contributed by atoms with Gasteiger partial charge in [-0.25, -0.2) is 4.79 Å². The first-order valence-electron chi connectivity index (χ1n) is 9.16. The molecule has 0 radical (unpaired) electrons. The molecule has 0 aromatic heterocycles. The van der Waals surface area contributed by atoms with E-state index in [-0.39, 0.29) is 0 Å². The summed E-state index contributed by atoms with van der Waals surface area (Å²) in [5, 5.41) is 5.35. The minimum absolute atomic E-state index is 0.298. The van der Waals surface area contributed by atoms with Crippen LogP contribution in [0.1, 0.15) is 44.2 Å². The Balaban J connectivity index is 2.24. The first-order chi connectivity index (χ1) is 13.0. The fourth-order valence-electron chi connectivity index (χ4n) is 3.09. The van der Waals surface area contributed by atoms with Gasteiger partial charge in [-0.15, -0.1) is 0 Å². The second-order valence-corrected chi connectivity index (χ2v) is 6.42. The van der Waals surface area contributed by atoms with Crippen LogP contribution >= 0.6 is 0 Å². The summed E-state index contributed by atoms with van der Waals surface area (Å²) in [6, 6.07) is 4.13. The van der Waals surface area contributed by atoms with Crippen molar-refractivity contribution in [2.45, 2.75) is 38.6 Å². The van der Waals surface area contributed by atoms with E-state index in [2.05, 4.69) is 24.1 Å². The van der Waals surface area contributed by atoms with E-state index in [1.54, 1.807) is 25.3 Å². The molecule has 0 bridgehead atoms. The van der Waals surface area contributed by atoms with Crippen LogP contribution in [0.15, 0.2) is 30.5 Å². The lowest BCUT2D eigenvalue weighted by molar-refractivity contribution is -0.148. The van der Waals surface area contributed by atoms with Gasteiger partial charge in [0.25, 0.3) is 0 Å². The molecule has 7 nitrogen and oxygen atoms in total. The highest BCUT2D eigenvalue weighted by Gasteiger charge is 2.40. The molecule has 1 saturated heterocycles. The molecule has 1 fully saturated rings. The fraction of sp³-hybridized carbons (Fsp3) is 0.500. The molecule has 2 N–H and O–H groups in total. The van der Waals surface area contributed by atoms with Crippen molar-refractivity contribution in [1.29, 1.82) is 0 Å². The van der Waals surface area contributed by atoms with Crippen LogP contribution in [0.2, 0.25) is 0 Å². The average molecular weight is 376 g/mol. The van der Waals surface area contributed by atoms with Crippen LogP contribution < -0.4 is 20.1 Å². The number of unbranched alkanes of at least 4 members (excludes halogenated alkanes) is 3. The van der Waals surface area contributed by atoms with Crippen LogP contribution in [-0.2, 0) is 9.53 Å². The van der Waals surface area contributed by atoms with Gasteiger partial charge in [0.1, 0.15) is 17.4 Å². The monoisotopic (exact) mass is 376 g/mol. The molecule has 148 valence electrons. The van der Waals surface area contributed by atoms with Crippen molar-refractivity contribution in [3.63, 3.8) is 0 Å². The maximum absolute atomic E-state index is 12.7. The topological polar surface area (TPSA) is 85.9 Å². The molecule has 0 aliphatic carbocycles. The highest BCUT2D eigenvalue weighted by Crippen LogP contribution is 2.37. The van der Waals surface area contributed by atoms with Gasteiger partial charge >= 0.3 is 12.0 Å². The number of ether oxygens (including phenoxy) is 3. The first-order valence-corrected chi connectivity index (χ1v) is 9.16. The number of urea groups is 1. The number of esters is 1. The summed E-state index contributed by atoms with van der Waals surface area (Å²) in [7, 11) is 3.08. The molecule has 0 saturated carbocycles. The molecule has 1 heterocycles. The van der Waals surface area contributed by atoms with E-state index < -0.39 is 24.0 Å². The number of benzene rings is 1. The Bertz CT molecular complexity index is 689. The Morgan fingerprint density at radius 2 is 1.96 bits per heavy atom. The Morgan fingerprint density at radius 3 is 2.63 bits per heavy atom. The number of carbonyl (C=O) groups excluding carboxylic acids is 2. The molecule has 7 heteroatoms. The van der Waals surface area contributed by atoms with Crippen LogP contribution in [0.5, 0.6) is 11.5 Å². The zero-order valence-corrected chi connectivity index (χ0v) is 16.2. The van der Waals surface area contributed by atoms with Crippen molar-refractivity contribution in [2.75, 3.05) is 20.8 Å². The molecule has 1 aromatic rings. The predicted molar refractivity (Wildman–Crippen MR) is 102 cm³/mol. The van der Waals surface area contributed by atoms with E-state index in [0.717, 1.165) is 25.7 Å². The van der Waals surface area contributed by atoms with Crippen LogP contribution in [0.3, 0.4) is 0 Å². The first kappa shape index (κ1) is 20.6. The lowest BCUT2D eigenvalue weighted by atomic mass is 9.88. The van der Waals surface area contributed by atoms with Gasteiger partial charge in [0, 0.05) is 11.3 Å². The highest BCUT2D eigenvalue weighted by atomic mass is 16.5. The molecule has 2 rings (SSSR count). The Labute approximate surface area is 160 Å². The Morgan fingerprint density at radius 1 is 1.19 bits per heavy atom. The average Bonchev–Trinajstić information content (AvgIpc) is 2.66. The summed E-state index contributed by atoms with van der Waals surface area (Å²) < 4.78 is 16.1. The third kappa shape index (κ3) is 5.15. The third-order valence-electron chi connectivity index (χ3n) is 4.54. The maximum Gasteiger partial charge on any atom is 0.319 e. The Kier molecular flexibility index (Phi) is 7.52. The van der Waals surface area contributed by atoms with Crippen LogP contribution in [0, 0.1) is 5.92 Å². The number of nitrogens with one attached hydrogen (secondary N) is 2. The van der Waals surface area contributed by atoms with E-state index in [1.165, 1.54) is 7.11 Å². The molecular formula is C20H28N2O5. The lowest BCUT2D eigenvalue weighted by Gasteiger charge is -2.34. The largest absolute Gasteiger partial charge is 0.497 e. The quantitative estimate of drug-likeness (QED) is 0.510. The standard InChI is InChI=1S/C20H28N2O5/c1-5-6-7-8-11-27-19(23)17-13(2)21-20(24)22-18(17)15-12-14(25-3)9-10-16(15)26-4/h9-10,12,17-18H,2,5-8,11H2,1,3-4H3,(H2,21,22,24)/t17-,18+/m1/s1. The SMILES string of the molecule is C=C1NC(=O)N[C@@H](c2cc(OC)ccc2OC)[C@@H]1C(=O)OCCCCCC. The van der Waals surface area contributed by atoms with Gasteiger partial charge in [-0.3, -0.25) is 4.79 Å². The van der Waals surface area contributed by atoms with Crippen LogP contribution in [0.4, 0.5) is 4.79 Å². The van der Waals surface area contributed by atoms with Crippen molar-refractivity contribution in [1.82, 2.24) is 10.6 Å². The van der Waals surface area contributed by atoms with Gasteiger partial charge in [0.2, 0.25) is 0 Å². The molecule has 1 aliphatic heterocycles. The van der Waals surface area contributed by atoms with Gasteiger partial charge in [-0.1, -0.05) is 32.8 Å². The van der Waals surface area contributed by atoms with E-state index >= 15 is 0 Å². The van der Waals surface area contributed by atoms with E-state index in [4.69, 9.17) is 14.2 Å². The minimum Gasteiger partial charge on any atom is -0.497 e. The normalized spacial score (nSPS) is 19.1. The lowest BCUT2D eigenvalue weighted by Crippen LogP contribution is -2.51. The van der Waals surface area contributed by atoms with Gasteiger partial charge in [-0.2, -0.15) is 0 Å². The van der Waals surface area contributed by atoms with Crippen molar-refractivity contribution >= 4 is 12.0 Å². The van der Waals surface area contributed by atoms with E-state index in [1.807, 2.05) is 0 Å². The summed E-state index contributed by atoms with van der Waals surface area (Å²) in [5.74, 6) is -0.0684. The number of hydrogen-bond donors (Lipinski definition) is 2. The highest BCUT2D eigenvalue weighted by molar-refractivity contribution is 5.85. The summed E-state index contributed by atoms with van der Waals surface area (Å²) >= 11 is 0. The molecular weight excluding hydrogens is 348 g/mol. The van der Waals surface area contributed by atoms with E-state index in [0.29, 0.717) is 29.4 Å². The number of methoxy groups -OCH3 is 2. The molecule has 27 heavy (non-hydrogen) atoms. The summed E-state index contributed by atoms with van der Waals surface area (Å²) in [6.07, 6.45) is 4.04. The smallest absolute Gasteiger partial charge is 0.319 e. The number of hydrogen-bond acceptors (Lipinski definition) is 5. The van der Waals surface area contributed by atoms with E-state index in [9.17, 15) is 9.59 Å². The molecule has 0 spiro atoms. The molecule has 1 aromatic carbocycles. The summed E-state index contributed by atoms with van der Waals surface area (Å²) in [5.41, 5.74) is 0.924. The van der Waals surface area contributed by atoms with Crippen LogP contribution in [-0.4, -0.2) is 32.8 Å². The molecule has 2 atom stereocenters. The number of carbonyl (C=O) groups is 2. The van der Waals surface area contributed by atoms with Crippen molar-refractivity contribution < 1.29 is 23.8 Å². The fourth-order valence-corrected chi connectivity index (χ4v) is 3.09. The van der Waals surface area contributed by atoms with Crippen molar-refractivity contribution in [2.24, 2.45) is 5.92 Å². The van der Waals surface area contributed by atoms with Gasteiger partial charge in [0.15, 0.2) is 0 Å².